The molecule has 1 aromatic heterocycles. The lowest BCUT2D eigenvalue weighted by atomic mass is 9.83. The number of benzene rings is 1. The largest absolute Gasteiger partial charge is 0.490 e. The Balaban J connectivity index is 1.50. The highest BCUT2D eigenvalue weighted by Gasteiger charge is 2.25. The van der Waals surface area contributed by atoms with Crippen LogP contribution in [0.1, 0.15) is 86.0 Å². The van der Waals surface area contributed by atoms with E-state index < -0.39 is 0 Å². The number of nitriles is 1. The van der Waals surface area contributed by atoms with Crippen LogP contribution >= 0.6 is 0 Å². The summed E-state index contributed by atoms with van der Waals surface area (Å²) in [6.07, 6.45) is 7.26. The first-order valence-electron chi connectivity index (χ1n) is 10.7. The van der Waals surface area contributed by atoms with Gasteiger partial charge in [-0.1, -0.05) is 20.8 Å². The molecule has 0 spiro atoms. The molecule has 2 aromatic rings. The van der Waals surface area contributed by atoms with Gasteiger partial charge in [0.15, 0.2) is 5.78 Å². The Kier molecular flexibility index (Phi) is 7.04. The van der Waals surface area contributed by atoms with Crippen molar-refractivity contribution in [2.24, 2.45) is 5.92 Å². The number of nitrogens with zero attached hydrogens (tertiary/aromatic N) is 2. The zero-order valence-corrected chi connectivity index (χ0v) is 17.6. The molecule has 1 aromatic carbocycles. The fourth-order valence-electron chi connectivity index (χ4n) is 3.98. The molecule has 1 saturated carbocycles. The van der Waals surface area contributed by atoms with Crippen molar-refractivity contribution in [2.75, 3.05) is 0 Å². The third kappa shape index (κ3) is 5.44. The van der Waals surface area contributed by atoms with Crippen molar-refractivity contribution in [2.45, 2.75) is 71.3 Å². The van der Waals surface area contributed by atoms with Crippen molar-refractivity contribution in [3.63, 3.8) is 0 Å². The summed E-state index contributed by atoms with van der Waals surface area (Å²) in [6.45, 7) is 6.25. The Morgan fingerprint density at radius 2 is 1.97 bits per heavy atom. The van der Waals surface area contributed by atoms with Gasteiger partial charge in [-0.05, 0) is 79.8 Å². The lowest BCUT2D eigenvalue weighted by Gasteiger charge is -2.29. The van der Waals surface area contributed by atoms with Gasteiger partial charge in [-0.25, -0.2) is 0 Å². The fourth-order valence-corrected chi connectivity index (χ4v) is 3.98. The van der Waals surface area contributed by atoms with Gasteiger partial charge in [0.2, 0.25) is 0 Å². The molecular formula is C25H30N2O2. The van der Waals surface area contributed by atoms with Gasteiger partial charge in [0.25, 0.3) is 0 Å². The second-order valence-electron chi connectivity index (χ2n) is 8.30. The van der Waals surface area contributed by atoms with E-state index in [9.17, 15) is 4.79 Å². The molecule has 4 nitrogen and oxygen atoms in total. The van der Waals surface area contributed by atoms with Gasteiger partial charge < -0.3 is 4.74 Å². The molecular weight excluding hydrogens is 360 g/mol. The summed E-state index contributed by atoms with van der Waals surface area (Å²) in [5.41, 5.74) is 3.49. The third-order valence-corrected chi connectivity index (χ3v) is 5.85. The van der Waals surface area contributed by atoms with Crippen LogP contribution in [0.2, 0.25) is 0 Å². The summed E-state index contributed by atoms with van der Waals surface area (Å²) < 4.78 is 6.17. The molecule has 0 N–H and O–H groups in total. The van der Waals surface area contributed by atoms with E-state index in [1.807, 2.05) is 37.3 Å². The van der Waals surface area contributed by atoms with Gasteiger partial charge in [0.1, 0.15) is 5.75 Å². The predicted molar refractivity (Wildman–Crippen MR) is 114 cm³/mol. The number of Topliss-reactive ketones (excluding diaryl/α,β-unsaturated/α-hetero) is 1. The molecule has 152 valence electrons. The number of aromatic nitrogens is 1. The highest BCUT2D eigenvalue weighted by Crippen LogP contribution is 2.31. The maximum Gasteiger partial charge on any atom is 0.164 e. The Morgan fingerprint density at radius 1 is 1.21 bits per heavy atom. The average molecular weight is 391 g/mol. The van der Waals surface area contributed by atoms with Gasteiger partial charge in [-0.15, -0.1) is 0 Å². The van der Waals surface area contributed by atoms with Crippen molar-refractivity contribution in [3.05, 3.63) is 58.9 Å². The van der Waals surface area contributed by atoms with E-state index in [1.165, 1.54) is 0 Å². The van der Waals surface area contributed by atoms with Crippen molar-refractivity contribution in [1.82, 2.24) is 4.98 Å². The van der Waals surface area contributed by atoms with Crippen molar-refractivity contribution < 1.29 is 9.53 Å². The molecule has 1 heterocycles. The second kappa shape index (κ2) is 9.69. The number of carbonyl (C=O) groups is 1. The number of hydrogen-bond acceptors (Lipinski definition) is 4. The van der Waals surface area contributed by atoms with Crippen molar-refractivity contribution in [1.29, 1.82) is 5.26 Å². The van der Waals surface area contributed by atoms with E-state index >= 15 is 0 Å². The Morgan fingerprint density at radius 3 is 2.55 bits per heavy atom. The molecule has 0 aliphatic heterocycles. The molecule has 0 bridgehead atoms. The standard InChI is InChI=1S/C25H30N2O2/c1-4-19-14-23(11-7-20(19)15-26)29-22-9-5-18(6-10-22)13-25(28)21-8-12-24(17(2)3)27-16-21/h7-8,11-12,14,16-18,22H,4-6,9-10,13H2,1-3H3. The number of ether oxygens (including phenoxy) is 1. The van der Waals surface area contributed by atoms with Crippen molar-refractivity contribution >= 4 is 5.78 Å². The van der Waals surface area contributed by atoms with E-state index in [-0.39, 0.29) is 11.9 Å². The first-order valence-corrected chi connectivity index (χ1v) is 10.7. The van der Waals surface area contributed by atoms with E-state index in [2.05, 4.69) is 24.9 Å². The smallest absolute Gasteiger partial charge is 0.164 e. The van der Waals surface area contributed by atoms with Crippen LogP contribution in [0.4, 0.5) is 0 Å². The quantitative estimate of drug-likeness (QED) is 0.556. The molecule has 1 aliphatic rings. The summed E-state index contributed by atoms with van der Waals surface area (Å²) in [5, 5.41) is 9.16. The molecule has 29 heavy (non-hydrogen) atoms. The van der Waals surface area contributed by atoms with Gasteiger partial charge in [-0.3, -0.25) is 9.78 Å². The topological polar surface area (TPSA) is 63.0 Å². The number of aryl methyl sites for hydroxylation is 1. The number of carbonyl (C=O) groups excluding carboxylic acids is 1. The normalized spacial score (nSPS) is 19.0. The van der Waals surface area contributed by atoms with Crippen LogP contribution in [0, 0.1) is 17.2 Å². The molecule has 0 atom stereocenters. The van der Waals surface area contributed by atoms with E-state index in [0.29, 0.717) is 18.3 Å². The Bertz CT molecular complexity index is 873. The summed E-state index contributed by atoms with van der Waals surface area (Å²) in [7, 11) is 0. The molecule has 1 fully saturated rings. The summed E-state index contributed by atoms with van der Waals surface area (Å²) in [5.74, 6) is 1.83. The number of ketones is 1. The fraction of sp³-hybridized carbons (Fsp3) is 0.480. The van der Waals surface area contributed by atoms with Crippen LogP contribution in [0.3, 0.4) is 0 Å². The zero-order valence-electron chi connectivity index (χ0n) is 17.6. The molecule has 0 radical (unpaired) electrons. The minimum absolute atomic E-state index is 0.186. The molecule has 3 rings (SSSR count). The Hall–Kier alpha value is -2.67. The van der Waals surface area contributed by atoms with Gasteiger partial charge in [0.05, 0.1) is 17.7 Å². The highest BCUT2D eigenvalue weighted by molar-refractivity contribution is 5.95. The van der Waals surface area contributed by atoms with E-state index in [1.54, 1.807) is 6.20 Å². The summed E-state index contributed by atoms with van der Waals surface area (Å²) in [4.78, 5) is 17.0. The minimum Gasteiger partial charge on any atom is -0.490 e. The van der Waals surface area contributed by atoms with E-state index in [4.69, 9.17) is 10.00 Å². The molecule has 0 unspecified atom stereocenters. The van der Waals surface area contributed by atoms with E-state index in [0.717, 1.165) is 60.2 Å². The first kappa shape index (κ1) is 21.0. The van der Waals surface area contributed by atoms with Gasteiger partial charge >= 0.3 is 0 Å². The first-order chi connectivity index (χ1) is 14.0. The number of pyridine rings is 1. The molecule has 1 aliphatic carbocycles. The Labute approximate surface area is 173 Å². The number of rotatable bonds is 7. The van der Waals surface area contributed by atoms with Crippen LogP contribution < -0.4 is 4.74 Å². The number of hydrogen-bond donors (Lipinski definition) is 0. The average Bonchev–Trinajstić information content (AvgIpc) is 2.75. The molecule has 0 amide bonds. The monoisotopic (exact) mass is 390 g/mol. The van der Waals surface area contributed by atoms with Crippen LogP contribution in [0.15, 0.2) is 36.5 Å². The minimum atomic E-state index is 0.186. The highest BCUT2D eigenvalue weighted by atomic mass is 16.5. The predicted octanol–water partition coefficient (Wildman–Crippen LogP) is 5.85. The van der Waals surface area contributed by atoms with Crippen LogP contribution in [0.5, 0.6) is 5.75 Å². The molecule has 0 saturated heterocycles. The van der Waals surface area contributed by atoms with Crippen LogP contribution in [-0.2, 0) is 6.42 Å². The van der Waals surface area contributed by atoms with Crippen LogP contribution in [0.25, 0.3) is 0 Å². The summed E-state index contributed by atoms with van der Waals surface area (Å²) >= 11 is 0. The second-order valence-corrected chi connectivity index (χ2v) is 8.30. The maximum atomic E-state index is 12.6. The lowest BCUT2D eigenvalue weighted by Crippen LogP contribution is -2.25. The lowest BCUT2D eigenvalue weighted by molar-refractivity contribution is 0.0902. The zero-order chi connectivity index (χ0) is 20.8. The molecule has 4 heteroatoms. The van der Waals surface area contributed by atoms with Gasteiger partial charge in [-0.2, -0.15) is 5.26 Å². The van der Waals surface area contributed by atoms with Gasteiger partial charge in [0, 0.05) is 23.9 Å². The maximum absolute atomic E-state index is 12.6. The third-order valence-electron chi connectivity index (χ3n) is 5.85. The van der Waals surface area contributed by atoms with Crippen LogP contribution in [-0.4, -0.2) is 16.9 Å². The van der Waals surface area contributed by atoms with Crippen molar-refractivity contribution in [3.8, 4) is 11.8 Å². The summed E-state index contributed by atoms with van der Waals surface area (Å²) in [6, 6.07) is 11.8. The SMILES string of the molecule is CCc1cc(OC2CCC(CC(=O)c3ccc(C(C)C)nc3)CC2)ccc1C#N.